The van der Waals surface area contributed by atoms with Crippen LogP contribution in [0.2, 0.25) is 0 Å². The molecule has 14 heavy (non-hydrogen) atoms. The van der Waals surface area contributed by atoms with Gasteiger partial charge < -0.3 is 9.84 Å². The number of aliphatic hydroxyl groups is 1. The Balaban J connectivity index is 2.04. The molecule has 1 N–H and O–H groups in total. The van der Waals surface area contributed by atoms with Crippen LogP contribution in [0.5, 0.6) is 0 Å². The van der Waals surface area contributed by atoms with Crippen molar-refractivity contribution in [3.05, 3.63) is 0 Å². The number of nitrogens with zero attached hydrogens (tertiary/aromatic N) is 1. The molecule has 0 aliphatic carbocycles. The first kappa shape index (κ1) is 12.0. The topological polar surface area (TPSA) is 32.7 Å². The van der Waals surface area contributed by atoms with Crippen molar-refractivity contribution in [2.75, 3.05) is 26.2 Å². The molecular weight excluding hydrogens is 178 g/mol. The molecule has 1 aliphatic heterocycles. The highest BCUT2D eigenvalue weighted by Crippen LogP contribution is 2.25. The van der Waals surface area contributed by atoms with E-state index in [-0.39, 0.29) is 0 Å². The van der Waals surface area contributed by atoms with E-state index in [1.54, 1.807) is 0 Å². The van der Waals surface area contributed by atoms with Gasteiger partial charge in [-0.2, -0.15) is 0 Å². The van der Waals surface area contributed by atoms with E-state index in [2.05, 4.69) is 11.8 Å². The summed E-state index contributed by atoms with van der Waals surface area (Å²) >= 11 is 0. The van der Waals surface area contributed by atoms with Crippen LogP contribution in [0.1, 0.15) is 33.6 Å². The summed E-state index contributed by atoms with van der Waals surface area (Å²) < 4.78 is 5.45. The number of hydrogen-bond acceptors (Lipinski definition) is 3. The van der Waals surface area contributed by atoms with E-state index in [1.165, 1.54) is 0 Å². The van der Waals surface area contributed by atoms with Crippen molar-refractivity contribution < 1.29 is 9.84 Å². The van der Waals surface area contributed by atoms with Gasteiger partial charge in [0.25, 0.3) is 0 Å². The molecule has 3 heteroatoms. The Morgan fingerprint density at radius 2 is 2.07 bits per heavy atom. The van der Waals surface area contributed by atoms with Crippen LogP contribution in [0.3, 0.4) is 0 Å². The molecule has 1 rings (SSSR count). The van der Waals surface area contributed by atoms with Crippen LogP contribution in [0.25, 0.3) is 0 Å². The second-order valence-electron chi connectivity index (χ2n) is 4.60. The van der Waals surface area contributed by atoms with Gasteiger partial charge in [0.05, 0.1) is 18.3 Å². The van der Waals surface area contributed by atoms with Crippen molar-refractivity contribution in [2.45, 2.75) is 45.3 Å². The van der Waals surface area contributed by atoms with Gasteiger partial charge in [-0.1, -0.05) is 13.3 Å². The third-order valence-electron chi connectivity index (χ3n) is 2.61. The lowest BCUT2D eigenvalue weighted by molar-refractivity contribution is -0.110. The predicted molar refractivity (Wildman–Crippen MR) is 57.4 cm³/mol. The van der Waals surface area contributed by atoms with Crippen LogP contribution in [-0.2, 0) is 4.74 Å². The van der Waals surface area contributed by atoms with Crippen LogP contribution in [0, 0.1) is 0 Å². The number of ether oxygens (including phenoxy) is 1. The van der Waals surface area contributed by atoms with Crippen molar-refractivity contribution >= 4 is 0 Å². The minimum Gasteiger partial charge on any atom is -0.387 e. The molecule has 0 aromatic heterocycles. The van der Waals surface area contributed by atoms with Gasteiger partial charge in [-0.3, -0.25) is 4.90 Å². The molecule has 1 aliphatic rings. The Bertz CT molecular complexity index is 165. The maximum absolute atomic E-state index is 9.91. The van der Waals surface area contributed by atoms with E-state index >= 15 is 0 Å². The van der Waals surface area contributed by atoms with Crippen LogP contribution in [-0.4, -0.2) is 48.0 Å². The predicted octanol–water partition coefficient (Wildman–Crippen LogP) is 1.26. The van der Waals surface area contributed by atoms with Gasteiger partial charge in [0, 0.05) is 19.6 Å². The van der Waals surface area contributed by atoms with Gasteiger partial charge in [0.1, 0.15) is 0 Å². The maximum Gasteiger partial charge on any atom is 0.0900 e. The molecule has 3 nitrogen and oxygen atoms in total. The standard InChI is InChI=1S/C11H23NO2/c1-4-5-11(13)8-12(9-11)6-7-14-10(2)3/h10,13H,4-9H2,1-3H3. The van der Waals surface area contributed by atoms with Crippen LogP contribution in [0.4, 0.5) is 0 Å². The molecule has 1 heterocycles. The Hall–Kier alpha value is -0.120. The Morgan fingerprint density at radius 1 is 1.43 bits per heavy atom. The van der Waals surface area contributed by atoms with Gasteiger partial charge in [-0.15, -0.1) is 0 Å². The van der Waals surface area contributed by atoms with E-state index in [9.17, 15) is 5.11 Å². The van der Waals surface area contributed by atoms with E-state index < -0.39 is 5.60 Å². The van der Waals surface area contributed by atoms with E-state index in [1.807, 2.05) is 13.8 Å². The average molecular weight is 201 g/mol. The quantitative estimate of drug-likeness (QED) is 0.702. The fourth-order valence-corrected chi connectivity index (χ4v) is 1.99. The smallest absolute Gasteiger partial charge is 0.0900 e. The lowest BCUT2D eigenvalue weighted by atomic mass is 9.89. The monoisotopic (exact) mass is 201 g/mol. The zero-order valence-corrected chi connectivity index (χ0v) is 9.62. The summed E-state index contributed by atoms with van der Waals surface area (Å²) in [6, 6.07) is 0. The minimum atomic E-state index is -0.396. The Labute approximate surface area is 87.1 Å². The van der Waals surface area contributed by atoms with Crippen molar-refractivity contribution in [2.24, 2.45) is 0 Å². The average Bonchev–Trinajstić information content (AvgIpc) is 2.01. The van der Waals surface area contributed by atoms with E-state index in [0.29, 0.717) is 6.10 Å². The van der Waals surface area contributed by atoms with Gasteiger partial charge in [0.2, 0.25) is 0 Å². The zero-order chi connectivity index (χ0) is 10.6. The number of hydrogen-bond donors (Lipinski definition) is 1. The fraction of sp³-hybridized carbons (Fsp3) is 1.00. The number of rotatable bonds is 6. The fourth-order valence-electron chi connectivity index (χ4n) is 1.99. The Kier molecular flexibility index (Phi) is 4.35. The summed E-state index contributed by atoms with van der Waals surface area (Å²) in [5.41, 5.74) is -0.396. The van der Waals surface area contributed by atoms with Gasteiger partial charge in [0.15, 0.2) is 0 Å². The first-order valence-corrected chi connectivity index (χ1v) is 5.62. The van der Waals surface area contributed by atoms with Crippen LogP contribution >= 0.6 is 0 Å². The maximum atomic E-state index is 9.91. The van der Waals surface area contributed by atoms with Gasteiger partial charge in [-0.05, 0) is 20.3 Å². The molecule has 1 saturated heterocycles. The summed E-state index contributed by atoms with van der Waals surface area (Å²) in [5.74, 6) is 0. The van der Waals surface area contributed by atoms with Gasteiger partial charge in [-0.25, -0.2) is 0 Å². The molecule has 0 aromatic carbocycles. The largest absolute Gasteiger partial charge is 0.387 e. The van der Waals surface area contributed by atoms with Crippen molar-refractivity contribution in [1.82, 2.24) is 4.90 Å². The first-order chi connectivity index (χ1) is 6.56. The van der Waals surface area contributed by atoms with E-state index in [4.69, 9.17) is 4.74 Å². The lowest BCUT2D eigenvalue weighted by Gasteiger charge is -2.46. The summed E-state index contributed by atoms with van der Waals surface area (Å²) in [6.45, 7) is 9.57. The summed E-state index contributed by atoms with van der Waals surface area (Å²) in [4.78, 5) is 2.25. The minimum absolute atomic E-state index is 0.311. The zero-order valence-electron chi connectivity index (χ0n) is 9.62. The van der Waals surface area contributed by atoms with Crippen LogP contribution in [0.15, 0.2) is 0 Å². The molecule has 0 radical (unpaired) electrons. The molecule has 0 atom stereocenters. The normalized spacial score (nSPS) is 21.2. The molecule has 0 saturated carbocycles. The summed E-state index contributed by atoms with van der Waals surface area (Å²) in [5, 5.41) is 9.91. The van der Waals surface area contributed by atoms with Crippen molar-refractivity contribution in [1.29, 1.82) is 0 Å². The molecule has 1 fully saturated rings. The van der Waals surface area contributed by atoms with Crippen molar-refractivity contribution in [3.63, 3.8) is 0 Å². The molecule has 84 valence electrons. The third-order valence-corrected chi connectivity index (χ3v) is 2.61. The third kappa shape index (κ3) is 3.56. The second kappa shape index (κ2) is 5.10. The number of β-amino-alcohol motifs (C(OH)–C–C–N with tert-alkyl or cyclic N) is 1. The highest BCUT2D eigenvalue weighted by Gasteiger charge is 2.39. The first-order valence-electron chi connectivity index (χ1n) is 5.62. The van der Waals surface area contributed by atoms with Crippen molar-refractivity contribution in [3.8, 4) is 0 Å². The molecular formula is C11H23NO2. The molecule has 0 aromatic rings. The van der Waals surface area contributed by atoms with Crippen LogP contribution < -0.4 is 0 Å². The molecule has 0 spiro atoms. The summed E-state index contributed by atoms with van der Waals surface area (Å²) in [6.07, 6.45) is 2.30. The number of likely N-dealkylation sites (tertiary alicyclic amines) is 1. The van der Waals surface area contributed by atoms with Gasteiger partial charge >= 0.3 is 0 Å². The molecule has 0 unspecified atom stereocenters. The molecule has 0 amide bonds. The second-order valence-corrected chi connectivity index (χ2v) is 4.60. The SMILES string of the molecule is CCCC1(O)CN(CCOC(C)C)C1. The summed E-state index contributed by atoms with van der Waals surface area (Å²) in [7, 11) is 0. The van der Waals surface area contributed by atoms with E-state index in [0.717, 1.165) is 39.1 Å². The highest BCUT2D eigenvalue weighted by atomic mass is 16.5. The Morgan fingerprint density at radius 3 is 2.57 bits per heavy atom. The lowest BCUT2D eigenvalue weighted by Crippen LogP contribution is -2.62. The molecule has 0 bridgehead atoms. The highest BCUT2D eigenvalue weighted by molar-refractivity contribution is 4.94.